The molecule has 0 aliphatic carbocycles. The van der Waals surface area contributed by atoms with Gasteiger partial charge in [0, 0.05) is 17.5 Å². The fourth-order valence-electron chi connectivity index (χ4n) is 1.54. The zero-order valence-electron chi connectivity index (χ0n) is 10.5. The average Bonchev–Trinajstić information content (AvgIpc) is 2.79. The van der Waals surface area contributed by atoms with Gasteiger partial charge in [0.2, 0.25) is 0 Å². The lowest BCUT2D eigenvalue weighted by atomic mass is 10.3. The van der Waals surface area contributed by atoms with E-state index < -0.39 is 9.84 Å². The van der Waals surface area contributed by atoms with Crippen molar-refractivity contribution < 1.29 is 8.42 Å². The first-order valence-electron chi connectivity index (χ1n) is 6.02. The van der Waals surface area contributed by atoms with Crippen molar-refractivity contribution in [2.45, 2.75) is 32.7 Å². The van der Waals surface area contributed by atoms with E-state index in [2.05, 4.69) is 18.3 Å². The van der Waals surface area contributed by atoms with E-state index in [0.29, 0.717) is 12.3 Å². The average molecular weight is 275 g/mol. The minimum Gasteiger partial charge on any atom is -0.308 e. The number of hydrogen-bond acceptors (Lipinski definition) is 4. The van der Waals surface area contributed by atoms with Crippen LogP contribution in [-0.2, 0) is 9.84 Å². The molecular weight excluding hydrogens is 254 g/mol. The highest BCUT2D eigenvalue weighted by Crippen LogP contribution is 2.17. The normalized spacial score (nSPS) is 13.8. The van der Waals surface area contributed by atoms with E-state index in [1.54, 1.807) is 11.3 Å². The summed E-state index contributed by atoms with van der Waals surface area (Å²) >= 11 is 1.69. The van der Waals surface area contributed by atoms with Gasteiger partial charge < -0.3 is 5.32 Å². The predicted octanol–water partition coefficient (Wildman–Crippen LogP) is 2.61. The molecule has 1 atom stereocenters. The van der Waals surface area contributed by atoms with Crippen LogP contribution in [0.4, 0.5) is 0 Å². The third-order valence-corrected chi connectivity index (χ3v) is 5.43. The molecule has 0 saturated heterocycles. The summed E-state index contributed by atoms with van der Waals surface area (Å²) in [7, 11) is -2.87. The Hall–Kier alpha value is -0.390. The number of sulfone groups is 1. The molecule has 1 rings (SSSR count). The van der Waals surface area contributed by atoms with Gasteiger partial charge in [-0.05, 0) is 24.8 Å². The van der Waals surface area contributed by atoms with Crippen molar-refractivity contribution in [2.24, 2.45) is 0 Å². The van der Waals surface area contributed by atoms with Crippen LogP contribution in [0.25, 0.3) is 0 Å². The van der Waals surface area contributed by atoms with Gasteiger partial charge in [-0.1, -0.05) is 19.4 Å². The third-order valence-electron chi connectivity index (χ3n) is 2.64. The Morgan fingerprint density at radius 1 is 1.41 bits per heavy atom. The second kappa shape index (κ2) is 7.13. The Morgan fingerprint density at radius 2 is 2.18 bits per heavy atom. The molecular formula is C12H21NO2S2. The molecule has 3 nitrogen and oxygen atoms in total. The maximum Gasteiger partial charge on any atom is 0.151 e. The van der Waals surface area contributed by atoms with Gasteiger partial charge in [0.05, 0.1) is 11.5 Å². The molecule has 1 N–H and O–H groups in total. The summed E-state index contributed by atoms with van der Waals surface area (Å²) in [5, 5.41) is 5.28. The zero-order valence-corrected chi connectivity index (χ0v) is 12.1. The smallest absolute Gasteiger partial charge is 0.151 e. The lowest BCUT2D eigenvalue weighted by Crippen LogP contribution is -2.26. The van der Waals surface area contributed by atoms with Gasteiger partial charge in [0.15, 0.2) is 9.84 Å². The molecule has 1 aromatic heterocycles. The Labute approximate surface area is 108 Å². The fourth-order valence-corrected chi connectivity index (χ4v) is 3.66. The van der Waals surface area contributed by atoms with Crippen molar-refractivity contribution in [3.63, 3.8) is 0 Å². The largest absolute Gasteiger partial charge is 0.308 e. The highest BCUT2D eigenvalue weighted by molar-refractivity contribution is 7.91. The van der Waals surface area contributed by atoms with Crippen LogP contribution in [0, 0.1) is 0 Å². The first kappa shape index (κ1) is 14.7. The van der Waals surface area contributed by atoms with Gasteiger partial charge in [-0.15, -0.1) is 11.3 Å². The van der Waals surface area contributed by atoms with Crippen LogP contribution in [0.15, 0.2) is 17.5 Å². The van der Waals surface area contributed by atoms with E-state index in [-0.39, 0.29) is 11.8 Å². The van der Waals surface area contributed by atoms with E-state index in [4.69, 9.17) is 0 Å². The molecule has 1 heterocycles. The fraction of sp³-hybridized carbons (Fsp3) is 0.667. The van der Waals surface area contributed by atoms with Crippen LogP contribution < -0.4 is 5.32 Å². The molecule has 0 bridgehead atoms. The van der Waals surface area contributed by atoms with Crippen molar-refractivity contribution in [3.05, 3.63) is 22.4 Å². The lowest BCUT2D eigenvalue weighted by molar-refractivity contribution is 0.573. The molecule has 0 aromatic carbocycles. The van der Waals surface area contributed by atoms with Crippen LogP contribution in [-0.4, -0.2) is 26.5 Å². The first-order valence-corrected chi connectivity index (χ1v) is 8.72. The summed E-state index contributed by atoms with van der Waals surface area (Å²) in [4.78, 5) is 1.25. The summed E-state index contributed by atoms with van der Waals surface area (Å²) in [6, 6.07) is 4.31. The van der Waals surface area contributed by atoms with Crippen LogP contribution in [0.5, 0.6) is 0 Å². The van der Waals surface area contributed by atoms with Gasteiger partial charge in [0.25, 0.3) is 0 Å². The van der Waals surface area contributed by atoms with Crippen molar-refractivity contribution in [1.29, 1.82) is 0 Å². The first-order chi connectivity index (χ1) is 8.05. The van der Waals surface area contributed by atoms with Crippen LogP contribution in [0.1, 0.15) is 37.6 Å². The lowest BCUT2D eigenvalue weighted by Gasteiger charge is -2.12. The minimum atomic E-state index is -2.87. The third kappa shape index (κ3) is 5.66. The maximum atomic E-state index is 11.6. The van der Waals surface area contributed by atoms with E-state index >= 15 is 0 Å². The second-order valence-corrected chi connectivity index (χ2v) is 7.48. The monoisotopic (exact) mass is 275 g/mol. The molecule has 17 heavy (non-hydrogen) atoms. The second-order valence-electron chi connectivity index (χ2n) is 4.20. The van der Waals surface area contributed by atoms with Crippen LogP contribution >= 0.6 is 11.3 Å². The summed E-state index contributed by atoms with van der Waals surface area (Å²) in [6.07, 6.45) is 1.70. The molecule has 0 aliphatic rings. The van der Waals surface area contributed by atoms with Gasteiger partial charge in [-0.3, -0.25) is 0 Å². The Morgan fingerprint density at radius 3 is 2.76 bits per heavy atom. The topological polar surface area (TPSA) is 46.2 Å². The van der Waals surface area contributed by atoms with Gasteiger partial charge >= 0.3 is 0 Å². The maximum absolute atomic E-state index is 11.6. The molecule has 98 valence electrons. The Balaban J connectivity index is 2.28. The predicted molar refractivity (Wildman–Crippen MR) is 74.3 cm³/mol. The van der Waals surface area contributed by atoms with Crippen molar-refractivity contribution in [1.82, 2.24) is 5.32 Å². The number of nitrogens with one attached hydrogen (secondary N) is 1. The van der Waals surface area contributed by atoms with Crippen LogP contribution in [0.3, 0.4) is 0 Å². The van der Waals surface area contributed by atoms with Gasteiger partial charge in [0.1, 0.15) is 0 Å². The molecule has 1 unspecified atom stereocenters. The Bertz CT molecular complexity index is 398. The van der Waals surface area contributed by atoms with E-state index in [1.165, 1.54) is 4.88 Å². The van der Waals surface area contributed by atoms with Gasteiger partial charge in [-0.25, -0.2) is 8.42 Å². The van der Waals surface area contributed by atoms with Crippen molar-refractivity contribution in [3.8, 4) is 0 Å². The standard InChI is InChI=1S/C12H21NO2S2/c1-3-4-9-17(14,15)10-7-13-11(2)12-6-5-8-16-12/h5-6,8,11,13H,3-4,7,9-10H2,1-2H3. The Kier molecular flexibility index (Phi) is 6.16. The quantitative estimate of drug-likeness (QED) is 0.793. The SMILES string of the molecule is CCCCS(=O)(=O)CCNC(C)c1cccs1. The molecule has 0 aliphatic heterocycles. The summed E-state index contributed by atoms with van der Waals surface area (Å²) in [5.74, 6) is 0.557. The minimum absolute atomic E-state index is 0.233. The summed E-state index contributed by atoms with van der Waals surface area (Å²) in [5.41, 5.74) is 0. The zero-order chi connectivity index (χ0) is 12.7. The molecule has 0 fully saturated rings. The summed E-state index contributed by atoms with van der Waals surface area (Å²) < 4.78 is 23.2. The molecule has 0 spiro atoms. The highest BCUT2D eigenvalue weighted by atomic mass is 32.2. The van der Waals surface area contributed by atoms with Crippen molar-refractivity contribution in [2.75, 3.05) is 18.1 Å². The van der Waals surface area contributed by atoms with E-state index in [9.17, 15) is 8.42 Å². The van der Waals surface area contributed by atoms with Gasteiger partial charge in [-0.2, -0.15) is 0 Å². The summed E-state index contributed by atoms with van der Waals surface area (Å²) in [6.45, 7) is 4.60. The molecule has 0 radical (unpaired) electrons. The number of hydrogen-bond donors (Lipinski definition) is 1. The van der Waals surface area contributed by atoms with Crippen molar-refractivity contribution >= 4 is 21.2 Å². The number of thiophene rings is 1. The molecule has 1 aromatic rings. The van der Waals surface area contributed by atoms with E-state index in [1.807, 2.05) is 18.4 Å². The number of rotatable bonds is 8. The molecule has 0 saturated carbocycles. The van der Waals surface area contributed by atoms with Crippen LogP contribution in [0.2, 0.25) is 0 Å². The molecule has 0 amide bonds. The number of unbranched alkanes of at least 4 members (excludes halogenated alkanes) is 1. The molecule has 5 heteroatoms. The van der Waals surface area contributed by atoms with E-state index in [0.717, 1.165) is 12.8 Å². The highest BCUT2D eigenvalue weighted by Gasteiger charge is 2.11.